The van der Waals surface area contributed by atoms with Crippen molar-refractivity contribution in [3.8, 4) is 5.75 Å². The number of carbonyl (C=O) groups is 1. The molecule has 1 heterocycles. The van der Waals surface area contributed by atoms with Crippen molar-refractivity contribution in [1.29, 1.82) is 0 Å². The normalized spacial score (nSPS) is 10.7. The molecule has 0 atom stereocenters. The number of esters is 1. The second-order valence-electron chi connectivity index (χ2n) is 4.14. The van der Waals surface area contributed by atoms with Crippen molar-refractivity contribution < 1.29 is 23.0 Å². The van der Waals surface area contributed by atoms with Gasteiger partial charge in [0.25, 0.3) is 0 Å². The number of aryl methyl sites for hydroxylation is 1. The molecule has 0 unspecified atom stereocenters. The lowest BCUT2D eigenvalue weighted by Gasteiger charge is -2.11. The highest BCUT2D eigenvalue weighted by molar-refractivity contribution is 5.94. The molecule has 1 aromatic carbocycles. The lowest BCUT2D eigenvalue weighted by molar-refractivity contribution is 0.0594. The van der Waals surface area contributed by atoms with Crippen LogP contribution in [0.25, 0.3) is 10.9 Å². The molecule has 106 valence electrons. The number of ether oxygens (including phenoxy) is 2. The smallest absolute Gasteiger partial charge is 0.356 e. The molecule has 0 N–H and O–H groups in total. The molecule has 0 aliphatic heterocycles. The van der Waals surface area contributed by atoms with Gasteiger partial charge in [-0.25, -0.2) is 18.6 Å². The Labute approximate surface area is 114 Å². The van der Waals surface area contributed by atoms with Gasteiger partial charge in [0.1, 0.15) is 22.9 Å². The zero-order valence-electron chi connectivity index (χ0n) is 11.3. The zero-order valence-corrected chi connectivity index (χ0v) is 11.3. The van der Waals surface area contributed by atoms with Crippen LogP contribution in [0.4, 0.5) is 8.78 Å². The largest absolute Gasteiger partial charge is 0.493 e. The number of pyridine rings is 1. The van der Waals surface area contributed by atoms with Gasteiger partial charge in [0.2, 0.25) is 0 Å². The Bertz CT molecular complexity index is 686. The van der Waals surface area contributed by atoms with Gasteiger partial charge in [0, 0.05) is 6.07 Å². The Hall–Kier alpha value is -2.24. The minimum Gasteiger partial charge on any atom is -0.493 e. The van der Waals surface area contributed by atoms with Gasteiger partial charge in [-0.05, 0) is 25.5 Å². The highest BCUT2D eigenvalue weighted by atomic mass is 19.1. The maximum atomic E-state index is 14.2. The molecule has 0 radical (unpaired) electrons. The van der Waals surface area contributed by atoms with Gasteiger partial charge in [0.05, 0.1) is 19.1 Å². The first-order valence-electron chi connectivity index (χ1n) is 6.00. The van der Waals surface area contributed by atoms with Crippen molar-refractivity contribution in [2.24, 2.45) is 0 Å². The number of halogens is 2. The minimum atomic E-state index is -0.742. The molecule has 0 spiro atoms. The summed E-state index contributed by atoms with van der Waals surface area (Å²) in [6, 6.07) is 2.28. The molecule has 0 aliphatic rings. The highest BCUT2D eigenvalue weighted by Crippen LogP contribution is 2.31. The number of benzene rings is 1. The molecule has 0 amide bonds. The number of rotatable bonds is 3. The fourth-order valence-corrected chi connectivity index (χ4v) is 1.90. The van der Waals surface area contributed by atoms with Gasteiger partial charge < -0.3 is 9.47 Å². The molecule has 2 aromatic rings. The van der Waals surface area contributed by atoms with Crippen LogP contribution < -0.4 is 4.74 Å². The van der Waals surface area contributed by atoms with Gasteiger partial charge in [-0.15, -0.1) is 0 Å². The van der Waals surface area contributed by atoms with E-state index in [9.17, 15) is 13.6 Å². The summed E-state index contributed by atoms with van der Waals surface area (Å²) in [6.07, 6.45) is 0. The lowest BCUT2D eigenvalue weighted by Crippen LogP contribution is -2.07. The third-order valence-electron chi connectivity index (χ3n) is 2.81. The van der Waals surface area contributed by atoms with Crippen molar-refractivity contribution in [3.05, 3.63) is 35.0 Å². The topological polar surface area (TPSA) is 48.4 Å². The summed E-state index contributed by atoms with van der Waals surface area (Å²) in [5.41, 5.74) is -0.242. The molecule has 0 saturated heterocycles. The summed E-state index contributed by atoms with van der Waals surface area (Å²) in [5.74, 6) is -2.01. The predicted molar refractivity (Wildman–Crippen MR) is 68.9 cm³/mol. The molecular weight excluding hydrogens is 268 g/mol. The van der Waals surface area contributed by atoms with E-state index >= 15 is 0 Å². The van der Waals surface area contributed by atoms with E-state index in [-0.39, 0.29) is 34.5 Å². The first kappa shape index (κ1) is 14.2. The molecule has 20 heavy (non-hydrogen) atoms. The number of methoxy groups -OCH3 is 1. The van der Waals surface area contributed by atoms with E-state index in [1.807, 2.05) is 0 Å². The Morgan fingerprint density at radius 2 is 2.05 bits per heavy atom. The summed E-state index contributed by atoms with van der Waals surface area (Å²) in [6.45, 7) is 3.39. The second kappa shape index (κ2) is 5.40. The van der Waals surface area contributed by atoms with Crippen LogP contribution in [0.1, 0.15) is 23.0 Å². The van der Waals surface area contributed by atoms with Gasteiger partial charge in [-0.3, -0.25) is 0 Å². The fourth-order valence-electron chi connectivity index (χ4n) is 1.90. The molecule has 4 nitrogen and oxygen atoms in total. The third kappa shape index (κ3) is 2.29. The maximum Gasteiger partial charge on any atom is 0.356 e. The Morgan fingerprint density at radius 1 is 1.35 bits per heavy atom. The third-order valence-corrected chi connectivity index (χ3v) is 2.81. The summed E-state index contributed by atoms with van der Waals surface area (Å²) in [4.78, 5) is 15.3. The first-order chi connectivity index (χ1) is 9.49. The average molecular weight is 281 g/mol. The van der Waals surface area contributed by atoms with Crippen LogP contribution in [0.3, 0.4) is 0 Å². The van der Waals surface area contributed by atoms with Gasteiger partial charge in [0.15, 0.2) is 5.69 Å². The Morgan fingerprint density at radius 3 is 2.65 bits per heavy atom. The number of nitrogens with zero attached hydrogens (tertiary/aromatic N) is 1. The van der Waals surface area contributed by atoms with Crippen LogP contribution in [-0.2, 0) is 4.74 Å². The summed E-state index contributed by atoms with van der Waals surface area (Å²) in [7, 11) is 1.18. The number of aromatic nitrogens is 1. The quantitative estimate of drug-likeness (QED) is 0.811. The summed E-state index contributed by atoms with van der Waals surface area (Å²) >= 11 is 0. The molecule has 0 fully saturated rings. The SMILES string of the molecule is CCOc1cc(C(=O)OC)nc2c(F)cc(C)c(F)c12. The average Bonchev–Trinajstić information content (AvgIpc) is 2.43. The van der Waals surface area contributed by atoms with E-state index in [2.05, 4.69) is 9.72 Å². The van der Waals surface area contributed by atoms with Crippen molar-refractivity contribution in [2.75, 3.05) is 13.7 Å². The first-order valence-corrected chi connectivity index (χ1v) is 6.00. The summed E-state index contributed by atoms with van der Waals surface area (Å²) in [5, 5.41) is -0.0722. The Kier molecular flexibility index (Phi) is 3.83. The van der Waals surface area contributed by atoms with Gasteiger partial charge in [-0.1, -0.05) is 0 Å². The van der Waals surface area contributed by atoms with E-state index in [1.54, 1.807) is 6.92 Å². The molecule has 2 rings (SSSR count). The van der Waals surface area contributed by atoms with Crippen LogP contribution in [0.15, 0.2) is 12.1 Å². The van der Waals surface area contributed by atoms with Gasteiger partial charge >= 0.3 is 5.97 Å². The molecule has 1 aromatic heterocycles. The molecule has 0 aliphatic carbocycles. The van der Waals surface area contributed by atoms with Crippen LogP contribution in [0, 0.1) is 18.6 Å². The fraction of sp³-hybridized carbons (Fsp3) is 0.286. The zero-order chi connectivity index (χ0) is 14.9. The van der Waals surface area contributed by atoms with E-state index in [0.717, 1.165) is 6.07 Å². The van der Waals surface area contributed by atoms with E-state index < -0.39 is 17.6 Å². The number of hydrogen-bond donors (Lipinski definition) is 0. The lowest BCUT2D eigenvalue weighted by atomic mass is 10.1. The van der Waals surface area contributed by atoms with Crippen LogP contribution in [-0.4, -0.2) is 24.7 Å². The molecule has 6 heteroatoms. The molecule has 0 saturated carbocycles. The van der Waals surface area contributed by atoms with Crippen LogP contribution >= 0.6 is 0 Å². The number of fused-ring (bicyclic) bond motifs is 1. The molecular formula is C14H13F2NO3. The highest BCUT2D eigenvalue weighted by Gasteiger charge is 2.20. The van der Waals surface area contributed by atoms with Crippen molar-refractivity contribution in [1.82, 2.24) is 4.98 Å². The monoisotopic (exact) mass is 281 g/mol. The number of carbonyl (C=O) groups excluding carboxylic acids is 1. The standard InChI is InChI=1S/C14H13F2NO3/c1-4-20-10-6-9(14(18)19-3)17-13-8(15)5-7(2)12(16)11(10)13/h5-6H,4H2,1-3H3. The molecule has 0 bridgehead atoms. The van der Waals surface area contributed by atoms with E-state index in [0.29, 0.717) is 0 Å². The van der Waals surface area contributed by atoms with Crippen molar-refractivity contribution in [2.45, 2.75) is 13.8 Å². The summed E-state index contributed by atoms with van der Waals surface area (Å²) < 4.78 is 38.0. The van der Waals surface area contributed by atoms with Crippen LogP contribution in [0.2, 0.25) is 0 Å². The predicted octanol–water partition coefficient (Wildman–Crippen LogP) is 3.01. The second-order valence-corrected chi connectivity index (χ2v) is 4.14. The maximum absolute atomic E-state index is 14.2. The number of hydrogen-bond acceptors (Lipinski definition) is 4. The van der Waals surface area contributed by atoms with Crippen molar-refractivity contribution >= 4 is 16.9 Å². The van der Waals surface area contributed by atoms with Crippen LogP contribution in [0.5, 0.6) is 5.75 Å². The van der Waals surface area contributed by atoms with Gasteiger partial charge in [-0.2, -0.15) is 0 Å². The minimum absolute atomic E-state index is 0.0676. The van der Waals surface area contributed by atoms with E-state index in [4.69, 9.17) is 4.74 Å². The van der Waals surface area contributed by atoms with E-state index in [1.165, 1.54) is 20.1 Å². The van der Waals surface area contributed by atoms with Crippen molar-refractivity contribution in [3.63, 3.8) is 0 Å². The Balaban J connectivity index is 2.85.